The number of hydrogen-bond donors (Lipinski definition) is 1. The smallest absolute Gasteiger partial charge is 0.0181 e. The van der Waals surface area contributed by atoms with E-state index in [2.05, 4.69) is 31.7 Å². The van der Waals surface area contributed by atoms with Gasteiger partial charge in [-0.1, -0.05) is 24.6 Å². The lowest BCUT2D eigenvalue weighted by Gasteiger charge is -2.07. The van der Waals surface area contributed by atoms with E-state index in [0.717, 1.165) is 6.42 Å². The highest BCUT2D eigenvalue weighted by Crippen LogP contribution is 2.21. The molecule has 1 rings (SSSR count). The van der Waals surface area contributed by atoms with Crippen molar-refractivity contribution in [2.75, 3.05) is 0 Å². The Morgan fingerprint density at radius 1 is 1.44 bits per heavy atom. The van der Waals surface area contributed by atoms with E-state index in [1.54, 1.807) is 5.57 Å². The van der Waals surface area contributed by atoms with E-state index in [0.29, 0.717) is 0 Å². The molecule has 0 nitrogen and oxygen atoms in total. The molecule has 1 aliphatic rings. The fraction of sp³-hybridized carbons (Fsp3) is 0.500. The molecular formula is C8H12S. The third-order valence-corrected chi connectivity index (χ3v) is 2.04. The molecule has 50 valence electrons. The van der Waals surface area contributed by atoms with Gasteiger partial charge in [-0.2, -0.15) is 0 Å². The van der Waals surface area contributed by atoms with Crippen molar-refractivity contribution in [1.29, 1.82) is 0 Å². The zero-order valence-electron chi connectivity index (χ0n) is 5.72. The highest BCUT2D eigenvalue weighted by molar-refractivity contribution is 7.84. The van der Waals surface area contributed by atoms with Crippen molar-refractivity contribution in [2.24, 2.45) is 0 Å². The van der Waals surface area contributed by atoms with Gasteiger partial charge in [0.25, 0.3) is 0 Å². The van der Waals surface area contributed by atoms with Crippen molar-refractivity contribution in [3.63, 3.8) is 0 Å². The molecule has 0 unspecified atom stereocenters. The van der Waals surface area contributed by atoms with Crippen molar-refractivity contribution in [3.05, 3.63) is 22.6 Å². The molecular weight excluding hydrogens is 128 g/mol. The quantitative estimate of drug-likeness (QED) is 0.532. The molecule has 0 saturated carbocycles. The second kappa shape index (κ2) is 3.11. The molecule has 0 saturated heterocycles. The Morgan fingerprint density at radius 2 is 2.22 bits per heavy atom. The Balaban J connectivity index is 2.59. The van der Waals surface area contributed by atoms with E-state index in [9.17, 15) is 0 Å². The van der Waals surface area contributed by atoms with Gasteiger partial charge in [-0.15, -0.1) is 12.6 Å². The Hall–Kier alpha value is -0.170. The van der Waals surface area contributed by atoms with E-state index in [1.165, 1.54) is 17.7 Å². The Morgan fingerprint density at radius 3 is 2.67 bits per heavy atom. The van der Waals surface area contributed by atoms with Crippen molar-refractivity contribution in [2.45, 2.75) is 26.2 Å². The van der Waals surface area contributed by atoms with Crippen LogP contribution in [0.25, 0.3) is 0 Å². The van der Waals surface area contributed by atoms with Crippen molar-refractivity contribution >= 4 is 12.6 Å². The average Bonchev–Trinajstić information content (AvgIpc) is 1.90. The van der Waals surface area contributed by atoms with Crippen LogP contribution in [0.1, 0.15) is 26.2 Å². The van der Waals surface area contributed by atoms with Crippen LogP contribution in [-0.4, -0.2) is 0 Å². The second-order valence-corrected chi connectivity index (χ2v) is 2.91. The van der Waals surface area contributed by atoms with Crippen LogP contribution >= 0.6 is 12.6 Å². The van der Waals surface area contributed by atoms with Crippen molar-refractivity contribution in [3.8, 4) is 0 Å². The van der Waals surface area contributed by atoms with Gasteiger partial charge >= 0.3 is 0 Å². The van der Waals surface area contributed by atoms with E-state index in [1.807, 2.05) is 0 Å². The van der Waals surface area contributed by atoms with Crippen molar-refractivity contribution in [1.82, 2.24) is 0 Å². The summed E-state index contributed by atoms with van der Waals surface area (Å²) in [6, 6.07) is 0. The van der Waals surface area contributed by atoms with Crippen LogP contribution in [0.5, 0.6) is 0 Å². The lowest BCUT2D eigenvalue weighted by molar-refractivity contribution is 0.888. The topological polar surface area (TPSA) is 0 Å². The van der Waals surface area contributed by atoms with E-state index in [4.69, 9.17) is 0 Å². The lowest BCUT2D eigenvalue weighted by Crippen LogP contribution is -1.87. The molecule has 0 aromatic carbocycles. The van der Waals surface area contributed by atoms with Crippen LogP contribution in [0.15, 0.2) is 22.6 Å². The molecule has 0 spiro atoms. The molecule has 0 aromatic heterocycles. The minimum atomic E-state index is 1.14. The molecule has 0 atom stereocenters. The Kier molecular flexibility index (Phi) is 2.40. The maximum absolute atomic E-state index is 4.26. The summed E-state index contributed by atoms with van der Waals surface area (Å²) in [6.45, 7) is 2.20. The van der Waals surface area contributed by atoms with Gasteiger partial charge in [0.05, 0.1) is 0 Å². The van der Waals surface area contributed by atoms with Gasteiger partial charge in [0, 0.05) is 0 Å². The Bertz CT molecular complexity index is 154. The van der Waals surface area contributed by atoms with Gasteiger partial charge in [0.1, 0.15) is 0 Å². The van der Waals surface area contributed by atoms with Crippen LogP contribution in [0.4, 0.5) is 0 Å². The van der Waals surface area contributed by atoms with Crippen LogP contribution in [0, 0.1) is 0 Å². The molecule has 0 bridgehead atoms. The van der Waals surface area contributed by atoms with Gasteiger partial charge in [-0.3, -0.25) is 0 Å². The van der Waals surface area contributed by atoms with Gasteiger partial charge in [-0.05, 0) is 24.2 Å². The van der Waals surface area contributed by atoms with E-state index in [-0.39, 0.29) is 0 Å². The van der Waals surface area contributed by atoms with E-state index < -0.39 is 0 Å². The first-order chi connectivity index (χ1) is 4.33. The molecule has 1 aliphatic carbocycles. The summed E-state index contributed by atoms with van der Waals surface area (Å²) in [5, 5.41) is 0. The Labute approximate surface area is 62.1 Å². The SMILES string of the molecule is CCC1=CC=C(S)CC1. The van der Waals surface area contributed by atoms with Crippen molar-refractivity contribution < 1.29 is 0 Å². The first kappa shape index (κ1) is 6.94. The fourth-order valence-corrected chi connectivity index (χ4v) is 1.15. The van der Waals surface area contributed by atoms with Gasteiger partial charge < -0.3 is 0 Å². The largest absolute Gasteiger partial charge is 0.148 e. The second-order valence-electron chi connectivity index (χ2n) is 2.34. The van der Waals surface area contributed by atoms with Gasteiger partial charge in [0.15, 0.2) is 0 Å². The summed E-state index contributed by atoms with van der Waals surface area (Å²) in [5.74, 6) is 0. The summed E-state index contributed by atoms with van der Waals surface area (Å²) >= 11 is 4.26. The fourth-order valence-electron chi connectivity index (χ4n) is 0.964. The molecule has 0 amide bonds. The first-order valence-electron chi connectivity index (χ1n) is 3.40. The molecule has 0 radical (unpaired) electrons. The molecule has 0 heterocycles. The first-order valence-corrected chi connectivity index (χ1v) is 3.85. The molecule has 0 aromatic rings. The molecule has 1 heteroatoms. The highest BCUT2D eigenvalue weighted by atomic mass is 32.1. The molecule has 9 heavy (non-hydrogen) atoms. The normalized spacial score (nSPS) is 18.9. The maximum atomic E-state index is 4.26. The molecule has 0 fully saturated rings. The number of thiol groups is 1. The zero-order valence-corrected chi connectivity index (χ0v) is 6.62. The average molecular weight is 140 g/mol. The monoisotopic (exact) mass is 140 g/mol. The van der Waals surface area contributed by atoms with Crippen LogP contribution in [0.2, 0.25) is 0 Å². The third kappa shape index (κ3) is 1.90. The molecule has 0 N–H and O–H groups in total. The number of hydrogen-bond acceptors (Lipinski definition) is 1. The van der Waals surface area contributed by atoms with Gasteiger partial charge in [0.2, 0.25) is 0 Å². The summed E-state index contributed by atoms with van der Waals surface area (Å²) in [6.07, 6.45) is 7.84. The van der Waals surface area contributed by atoms with Gasteiger partial charge in [-0.25, -0.2) is 0 Å². The predicted octanol–water partition coefficient (Wildman–Crippen LogP) is 2.93. The number of rotatable bonds is 1. The standard InChI is InChI=1S/C8H12S/c1-2-7-3-5-8(9)6-4-7/h3,5,9H,2,4,6H2,1H3. The maximum Gasteiger partial charge on any atom is -0.0181 e. The summed E-state index contributed by atoms with van der Waals surface area (Å²) in [4.78, 5) is 1.22. The number of allylic oxidation sites excluding steroid dienone is 4. The minimum Gasteiger partial charge on any atom is -0.148 e. The van der Waals surface area contributed by atoms with E-state index >= 15 is 0 Å². The van der Waals surface area contributed by atoms with Crippen LogP contribution < -0.4 is 0 Å². The summed E-state index contributed by atoms with van der Waals surface area (Å²) < 4.78 is 0. The minimum absolute atomic E-state index is 1.14. The molecule has 0 aliphatic heterocycles. The highest BCUT2D eigenvalue weighted by Gasteiger charge is 1.99. The van der Waals surface area contributed by atoms with Crippen LogP contribution in [0.3, 0.4) is 0 Å². The van der Waals surface area contributed by atoms with Crippen LogP contribution in [-0.2, 0) is 0 Å². The summed E-state index contributed by atoms with van der Waals surface area (Å²) in [7, 11) is 0. The third-order valence-electron chi connectivity index (χ3n) is 1.67. The lowest BCUT2D eigenvalue weighted by atomic mass is 10.0. The predicted molar refractivity (Wildman–Crippen MR) is 44.7 cm³/mol. The zero-order chi connectivity index (χ0) is 6.69. The summed E-state index contributed by atoms with van der Waals surface area (Å²) in [5.41, 5.74) is 1.55.